The fourth-order valence-electron chi connectivity index (χ4n) is 3.94. The maximum absolute atomic E-state index is 13.0. The molecule has 2 fully saturated rings. The predicted molar refractivity (Wildman–Crippen MR) is 109 cm³/mol. The summed E-state index contributed by atoms with van der Waals surface area (Å²) >= 11 is 0. The largest absolute Gasteiger partial charge is 0.356 e. The minimum Gasteiger partial charge on any atom is -0.356 e. The van der Waals surface area contributed by atoms with E-state index in [0.717, 1.165) is 32.4 Å². The predicted octanol–water partition coefficient (Wildman–Crippen LogP) is 3.05. The molecule has 1 aromatic rings. The van der Waals surface area contributed by atoms with Gasteiger partial charge in [0.25, 0.3) is 5.91 Å². The molecule has 6 nitrogen and oxygen atoms in total. The van der Waals surface area contributed by atoms with E-state index in [0.29, 0.717) is 42.5 Å². The van der Waals surface area contributed by atoms with Gasteiger partial charge in [0.05, 0.1) is 11.3 Å². The van der Waals surface area contributed by atoms with E-state index >= 15 is 0 Å². The van der Waals surface area contributed by atoms with E-state index < -0.39 is 0 Å². The van der Waals surface area contributed by atoms with Gasteiger partial charge in [-0.15, -0.1) is 0 Å². The lowest BCUT2D eigenvalue weighted by Crippen LogP contribution is -2.42. The number of carbonyl (C=O) groups is 3. The lowest BCUT2D eigenvalue weighted by molar-refractivity contribution is -0.122. The summed E-state index contributed by atoms with van der Waals surface area (Å²) in [5.41, 5.74) is 1.10. The zero-order valence-electron chi connectivity index (χ0n) is 16.9. The maximum Gasteiger partial charge on any atom is 0.255 e. The van der Waals surface area contributed by atoms with Crippen LogP contribution in [0.3, 0.4) is 0 Å². The van der Waals surface area contributed by atoms with Gasteiger partial charge in [-0.3, -0.25) is 14.4 Å². The molecule has 2 aliphatic rings. The van der Waals surface area contributed by atoms with Crippen molar-refractivity contribution in [3.8, 4) is 0 Å². The minimum absolute atomic E-state index is 0.0222. The van der Waals surface area contributed by atoms with Crippen LogP contribution >= 0.6 is 0 Å². The van der Waals surface area contributed by atoms with Gasteiger partial charge < -0.3 is 15.5 Å². The molecular formula is C22H31N3O3. The van der Waals surface area contributed by atoms with Crippen LogP contribution < -0.4 is 10.6 Å². The van der Waals surface area contributed by atoms with Crippen LogP contribution in [-0.4, -0.2) is 42.3 Å². The number of hydrogen-bond acceptors (Lipinski definition) is 3. The Bertz CT molecular complexity index is 719. The van der Waals surface area contributed by atoms with Crippen LogP contribution in [0.5, 0.6) is 0 Å². The summed E-state index contributed by atoms with van der Waals surface area (Å²) in [4.78, 5) is 38.8. The average Bonchev–Trinajstić information content (AvgIpc) is 3.49. The summed E-state index contributed by atoms with van der Waals surface area (Å²) in [5, 5.41) is 5.74. The molecule has 0 bridgehead atoms. The van der Waals surface area contributed by atoms with Crippen molar-refractivity contribution in [3.63, 3.8) is 0 Å². The number of nitrogens with zero attached hydrogens (tertiary/aromatic N) is 1. The highest BCUT2D eigenvalue weighted by molar-refractivity contribution is 6.03. The summed E-state index contributed by atoms with van der Waals surface area (Å²) in [6, 6.07) is 7.20. The molecule has 2 unspecified atom stereocenters. The van der Waals surface area contributed by atoms with Crippen LogP contribution in [0.4, 0.5) is 5.69 Å². The lowest BCUT2D eigenvalue weighted by atomic mass is 9.91. The van der Waals surface area contributed by atoms with Crippen LogP contribution in [0, 0.1) is 17.8 Å². The van der Waals surface area contributed by atoms with Gasteiger partial charge in [0.15, 0.2) is 0 Å². The van der Waals surface area contributed by atoms with E-state index in [1.54, 1.807) is 12.1 Å². The van der Waals surface area contributed by atoms with E-state index in [-0.39, 0.29) is 23.6 Å². The Labute approximate surface area is 167 Å². The Morgan fingerprint density at radius 3 is 2.43 bits per heavy atom. The van der Waals surface area contributed by atoms with Crippen molar-refractivity contribution in [2.45, 2.75) is 46.0 Å². The molecule has 2 N–H and O–H groups in total. The molecule has 1 saturated heterocycles. The molecule has 3 amide bonds. The fourth-order valence-corrected chi connectivity index (χ4v) is 3.94. The second-order valence-electron chi connectivity index (χ2n) is 8.42. The van der Waals surface area contributed by atoms with Crippen LogP contribution in [-0.2, 0) is 9.59 Å². The Kier molecular flexibility index (Phi) is 6.70. The Morgan fingerprint density at radius 1 is 1.07 bits per heavy atom. The quantitative estimate of drug-likeness (QED) is 0.708. The molecule has 3 rings (SSSR count). The standard InChI is InChI=1S/C22H31N3O3/c1-15-12-16(2)14-25(13-15)22(28)18-6-3-4-7-19(18)24-20(26)8-5-11-23-21(27)17-9-10-17/h3-4,6-7,15-17H,5,8-14H2,1-2H3,(H,23,27)(H,24,26). The van der Waals surface area contributed by atoms with Crippen molar-refractivity contribution in [2.75, 3.05) is 25.0 Å². The number of piperidine rings is 1. The topological polar surface area (TPSA) is 78.5 Å². The van der Waals surface area contributed by atoms with Gasteiger partial charge in [0, 0.05) is 32.0 Å². The first-order valence-electron chi connectivity index (χ1n) is 10.4. The van der Waals surface area contributed by atoms with Crippen LogP contribution in [0.2, 0.25) is 0 Å². The van der Waals surface area contributed by atoms with Gasteiger partial charge in [-0.25, -0.2) is 0 Å². The highest BCUT2D eigenvalue weighted by atomic mass is 16.2. The number of likely N-dealkylation sites (tertiary alicyclic amines) is 1. The summed E-state index contributed by atoms with van der Waals surface area (Å²) < 4.78 is 0. The van der Waals surface area contributed by atoms with Crippen molar-refractivity contribution < 1.29 is 14.4 Å². The van der Waals surface area contributed by atoms with Crippen LogP contribution in [0.1, 0.15) is 56.3 Å². The molecule has 1 heterocycles. The van der Waals surface area contributed by atoms with E-state index in [1.807, 2.05) is 17.0 Å². The number of carbonyl (C=O) groups excluding carboxylic acids is 3. The van der Waals surface area contributed by atoms with Gasteiger partial charge in [-0.1, -0.05) is 26.0 Å². The summed E-state index contributed by atoms with van der Waals surface area (Å²) in [6.07, 6.45) is 3.99. The zero-order valence-corrected chi connectivity index (χ0v) is 16.9. The normalized spacial score (nSPS) is 21.9. The molecule has 1 aliphatic carbocycles. The van der Waals surface area contributed by atoms with Gasteiger partial charge >= 0.3 is 0 Å². The third-order valence-corrected chi connectivity index (χ3v) is 5.42. The Balaban J connectivity index is 1.53. The second kappa shape index (κ2) is 9.22. The number of hydrogen-bond donors (Lipinski definition) is 2. The Hall–Kier alpha value is -2.37. The monoisotopic (exact) mass is 385 g/mol. The molecule has 1 aromatic carbocycles. The average molecular weight is 386 g/mol. The number of nitrogens with one attached hydrogen (secondary N) is 2. The zero-order chi connectivity index (χ0) is 20.1. The van der Waals surface area contributed by atoms with Crippen LogP contribution in [0.25, 0.3) is 0 Å². The third kappa shape index (κ3) is 5.57. The van der Waals surface area contributed by atoms with Crippen molar-refractivity contribution >= 4 is 23.4 Å². The van der Waals surface area contributed by atoms with Gasteiger partial charge in [-0.2, -0.15) is 0 Å². The number of benzene rings is 1. The molecule has 1 saturated carbocycles. The van der Waals surface area contributed by atoms with Crippen molar-refractivity contribution in [1.82, 2.24) is 10.2 Å². The van der Waals surface area contributed by atoms with Crippen LogP contribution in [0.15, 0.2) is 24.3 Å². The molecule has 0 aromatic heterocycles. The SMILES string of the molecule is CC1CC(C)CN(C(=O)c2ccccc2NC(=O)CCCNC(=O)C2CC2)C1. The highest BCUT2D eigenvalue weighted by Crippen LogP contribution is 2.28. The maximum atomic E-state index is 13.0. The second-order valence-corrected chi connectivity index (χ2v) is 8.42. The van der Waals surface area contributed by atoms with E-state index in [9.17, 15) is 14.4 Å². The van der Waals surface area contributed by atoms with Gasteiger partial charge in [0.1, 0.15) is 0 Å². The first kappa shape index (κ1) is 20.4. The van der Waals surface area contributed by atoms with Crippen molar-refractivity contribution in [1.29, 1.82) is 0 Å². The summed E-state index contributed by atoms with van der Waals surface area (Å²) in [6.45, 7) is 6.36. The van der Waals surface area contributed by atoms with Crippen molar-refractivity contribution in [3.05, 3.63) is 29.8 Å². The first-order chi connectivity index (χ1) is 13.4. The first-order valence-corrected chi connectivity index (χ1v) is 10.4. The Morgan fingerprint density at radius 2 is 1.75 bits per heavy atom. The molecule has 2 atom stereocenters. The smallest absolute Gasteiger partial charge is 0.255 e. The van der Waals surface area contributed by atoms with Gasteiger partial charge in [0.2, 0.25) is 11.8 Å². The summed E-state index contributed by atoms with van der Waals surface area (Å²) in [7, 11) is 0. The molecule has 28 heavy (non-hydrogen) atoms. The fraction of sp³-hybridized carbons (Fsp3) is 0.591. The molecular weight excluding hydrogens is 354 g/mol. The molecule has 1 aliphatic heterocycles. The minimum atomic E-state index is -0.138. The third-order valence-electron chi connectivity index (χ3n) is 5.42. The van der Waals surface area contributed by atoms with E-state index in [4.69, 9.17) is 0 Å². The van der Waals surface area contributed by atoms with E-state index in [1.165, 1.54) is 0 Å². The molecule has 6 heteroatoms. The summed E-state index contributed by atoms with van der Waals surface area (Å²) in [5.74, 6) is 1.10. The molecule has 0 spiro atoms. The highest BCUT2D eigenvalue weighted by Gasteiger charge is 2.29. The molecule has 0 radical (unpaired) electrons. The van der Waals surface area contributed by atoms with E-state index in [2.05, 4.69) is 24.5 Å². The lowest BCUT2D eigenvalue weighted by Gasteiger charge is -2.35. The molecule has 152 valence electrons. The number of rotatable bonds is 7. The number of para-hydroxylation sites is 1. The number of anilines is 1. The van der Waals surface area contributed by atoms with Gasteiger partial charge in [-0.05, 0) is 49.7 Å². The van der Waals surface area contributed by atoms with Crippen molar-refractivity contribution in [2.24, 2.45) is 17.8 Å². The number of amides is 3.